The van der Waals surface area contributed by atoms with E-state index in [-0.39, 0.29) is 11.5 Å². The molecule has 34 heavy (non-hydrogen) atoms. The van der Waals surface area contributed by atoms with Crippen LogP contribution in [0.5, 0.6) is 11.5 Å². The molecule has 0 unspecified atom stereocenters. The number of H-pyrrole nitrogens is 2. The smallest absolute Gasteiger partial charge is 0.115 e. The van der Waals surface area contributed by atoms with E-state index in [1.54, 1.807) is 24.3 Å². The Morgan fingerprint density at radius 1 is 0.441 bits per heavy atom. The average molecular weight is 441 g/mol. The number of phenolic OH excluding ortho intramolecular Hbond substituents is 2. The second kappa shape index (κ2) is 6.90. The monoisotopic (exact) mass is 440 g/mol. The molecule has 7 aromatic rings. The maximum Gasteiger partial charge on any atom is 0.115 e. The molecule has 2 heterocycles. The Bertz CT molecular complexity index is 1770. The summed E-state index contributed by atoms with van der Waals surface area (Å²) in [6.07, 6.45) is 0. The van der Waals surface area contributed by atoms with Crippen LogP contribution in [0.4, 0.5) is 0 Å². The van der Waals surface area contributed by atoms with E-state index >= 15 is 0 Å². The third-order valence-corrected chi connectivity index (χ3v) is 6.72. The molecule has 0 radical (unpaired) electrons. The van der Waals surface area contributed by atoms with Gasteiger partial charge in [0.15, 0.2) is 0 Å². The molecule has 7 rings (SSSR count). The number of nitrogens with one attached hydrogen (secondary N) is 2. The van der Waals surface area contributed by atoms with Crippen LogP contribution in [0.25, 0.3) is 65.9 Å². The Morgan fingerprint density at radius 3 is 1.32 bits per heavy atom. The van der Waals surface area contributed by atoms with Crippen molar-refractivity contribution in [2.75, 3.05) is 0 Å². The highest BCUT2D eigenvalue weighted by Crippen LogP contribution is 2.48. The van der Waals surface area contributed by atoms with E-state index in [4.69, 9.17) is 0 Å². The summed E-state index contributed by atoms with van der Waals surface area (Å²) >= 11 is 0. The quantitative estimate of drug-likeness (QED) is 0.222. The minimum atomic E-state index is 0.241. The second-order valence-electron chi connectivity index (χ2n) is 8.68. The molecule has 0 saturated heterocycles. The standard InChI is InChI=1S/C30H20N2O2/c33-19-13-9-17(10-14-19)25-27-21-5-1-3-7-23(21)31-29(27)26(18-11-15-20(34)16-12-18)30-28(25)22-6-2-4-8-24(22)32-30/h1-16,31-34H. The van der Waals surface area contributed by atoms with Crippen molar-refractivity contribution in [1.29, 1.82) is 0 Å². The molecule has 0 saturated carbocycles. The summed E-state index contributed by atoms with van der Waals surface area (Å²) in [6, 6.07) is 31.5. The van der Waals surface area contributed by atoms with Crippen molar-refractivity contribution in [2.24, 2.45) is 0 Å². The van der Waals surface area contributed by atoms with Gasteiger partial charge in [0.2, 0.25) is 0 Å². The molecule has 0 aliphatic rings. The molecule has 0 fully saturated rings. The molecule has 0 bridgehead atoms. The van der Waals surface area contributed by atoms with Crippen molar-refractivity contribution in [2.45, 2.75) is 0 Å². The molecule has 0 spiro atoms. The Labute approximate surface area is 194 Å². The van der Waals surface area contributed by atoms with Gasteiger partial charge in [-0.1, -0.05) is 60.7 Å². The molecule has 0 aliphatic heterocycles. The number of hydrogen-bond acceptors (Lipinski definition) is 2. The molecular weight excluding hydrogens is 420 g/mol. The summed E-state index contributed by atoms with van der Waals surface area (Å²) in [7, 11) is 0. The zero-order valence-corrected chi connectivity index (χ0v) is 18.1. The topological polar surface area (TPSA) is 72.0 Å². The highest BCUT2D eigenvalue weighted by atomic mass is 16.3. The maximum atomic E-state index is 9.98. The van der Waals surface area contributed by atoms with Gasteiger partial charge >= 0.3 is 0 Å². The van der Waals surface area contributed by atoms with Crippen molar-refractivity contribution in [3.8, 4) is 33.8 Å². The first-order valence-electron chi connectivity index (χ1n) is 11.2. The summed E-state index contributed by atoms with van der Waals surface area (Å²) < 4.78 is 0. The zero-order valence-electron chi connectivity index (χ0n) is 18.1. The summed E-state index contributed by atoms with van der Waals surface area (Å²) in [5, 5.41) is 24.5. The molecule has 162 valence electrons. The first-order chi connectivity index (χ1) is 16.7. The van der Waals surface area contributed by atoms with Crippen LogP contribution >= 0.6 is 0 Å². The largest absolute Gasteiger partial charge is 0.508 e. The van der Waals surface area contributed by atoms with Gasteiger partial charge in [0.05, 0.1) is 11.0 Å². The van der Waals surface area contributed by atoms with Crippen molar-refractivity contribution < 1.29 is 10.2 Å². The molecule has 0 amide bonds. The molecule has 0 atom stereocenters. The summed E-state index contributed by atoms with van der Waals surface area (Å²) in [6.45, 7) is 0. The van der Waals surface area contributed by atoms with E-state index in [0.717, 1.165) is 65.9 Å². The Kier molecular flexibility index (Phi) is 3.82. The van der Waals surface area contributed by atoms with Gasteiger partial charge < -0.3 is 20.2 Å². The molecule has 4 nitrogen and oxygen atoms in total. The number of fused-ring (bicyclic) bond motifs is 6. The van der Waals surface area contributed by atoms with Crippen LogP contribution in [-0.4, -0.2) is 20.2 Å². The predicted molar refractivity (Wildman–Crippen MR) is 139 cm³/mol. The number of benzene rings is 5. The Morgan fingerprint density at radius 2 is 0.853 bits per heavy atom. The van der Waals surface area contributed by atoms with Gasteiger partial charge in [0, 0.05) is 43.7 Å². The molecule has 5 aromatic carbocycles. The van der Waals surface area contributed by atoms with Gasteiger partial charge in [-0.05, 0) is 47.5 Å². The third kappa shape index (κ3) is 2.60. The van der Waals surface area contributed by atoms with Gasteiger partial charge in [-0.15, -0.1) is 0 Å². The highest BCUT2D eigenvalue weighted by molar-refractivity contribution is 6.32. The molecule has 2 aromatic heterocycles. The van der Waals surface area contributed by atoms with E-state index in [1.807, 2.05) is 36.4 Å². The fourth-order valence-electron chi connectivity index (χ4n) is 5.26. The number of hydrogen-bond donors (Lipinski definition) is 4. The van der Waals surface area contributed by atoms with Crippen molar-refractivity contribution >= 4 is 43.6 Å². The van der Waals surface area contributed by atoms with Crippen LogP contribution in [0.3, 0.4) is 0 Å². The van der Waals surface area contributed by atoms with E-state index in [9.17, 15) is 10.2 Å². The number of para-hydroxylation sites is 2. The SMILES string of the molecule is Oc1ccc(-c2c3[nH]c4ccccc4c3c(-c3ccc(O)cc3)c3c2[nH]c2ccccc23)cc1. The summed E-state index contributed by atoms with van der Waals surface area (Å²) in [4.78, 5) is 7.37. The van der Waals surface area contributed by atoms with E-state index in [0.29, 0.717) is 0 Å². The van der Waals surface area contributed by atoms with Crippen LogP contribution in [0.15, 0.2) is 97.1 Å². The second-order valence-corrected chi connectivity index (χ2v) is 8.68. The first kappa shape index (κ1) is 18.8. The third-order valence-electron chi connectivity index (χ3n) is 6.72. The first-order valence-corrected chi connectivity index (χ1v) is 11.2. The van der Waals surface area contributed by atoms with Crippen LogP contribution in [-0.2, 0) is 0 Å². The highest BCUT2D eigenvalue weighted by Gasteiger charge is 2.23. The number of aromatic amines is 2. The molecular formula is C30H20N2O2. The lowest BCUT2D eigenvalue weighted by Crippen LogP contribution is -1.89. The lowest BCUT2D eigenvalue weighted by Gasteiger charge is -2.13. The van der Waals surface area contributed by atoms with E-state index in [2.05, 4.69) is 46.4 Å². The molecule has 0 aliphatic carbocycles. The number of aromatic hydroxyl groups is 2. The Balaban J connectivity index is 1.79. The van der Waals surface area contributed by atoms with Crippen LogP contribution in [0.1, 0.15) is 0 Å². The zero-order chi connectivity index (χ0) is 22.8. The lowest BCUT2D eigenvalue weighted by molar-refractivity contribution is 0.475. The van der Waals surface area contributed by atoms with Crippen LogP contribution in [0.2, 0.25) is 0 Å². The van der Waals surface area contributed by atoms with E-state index in [1.165, 1.54) is 0 Å². The summed E-state index contributed by atoms with van der Waals surface area (Å²) in [5.41, 5.74) is 8.46. The Hall–Kier alpha value is -4.70. The number of aromatic nitrogens is 2. The normalized spacial score (nSPS) is 11.8. The van der Waals surface area contributed by atoms with Crippen LogP contribution in [0, 0.1) is 0 Å². The van der Waals surface area contributed by atoms with Crippen LogP contribution < -0.4 is 0 Å². The lowest BCUT2D eigenvalue weighted by atomic mass is 9.90. The van der Waals surface area contributed by atoms with Crippen molar-refractivity contribution in [3.05, 3.63) is 97.1 Å². The summed E-state index contributed by atoms with van der Waals surface area (Å²) in [5.74, 6) is 0.486. The number of rotatable bonds is 2. The molecule has 4 heteroatoms. The van der Waals surface area contributed by atoms with Gasteiger partial charge in [0.1, 0.15) is 11.5 Å². The fourth-order valence-corrected chi connectivity index (χ4v) is 5.26. The van der Waals surface area contributed by atoms with E-state index < -0.39 is 0 Å². The van der Waals surface area contributed by atoms with Crippen molar-refractivity contribution in [1.82, 2.24) is 9.97 Å². The maximum absolute atomic E-state index is 9.98. The minimum Gasteiger partial charge on any atom is -0.508 e. The molecule has 4 N–H and O–H groups in total. The minimum absolute atomic E-state index is 0.241. The number of phenols is 2. The van der Waals surface area contributed by atoms with Gasteiger partial charge in [-0.3, -0.25) is 0 Å². The average Bonchev–Trinajstić information content (AvgIpc) is 3.43. The van der Waals surface area contributed by atoms with Gasteiger partial charge in [-0.25, -0.2) is 0 Å². The van der Waals surface area contributed by atoms with Crippen molar-refractivity contribution in [3.63, 3.8) is 0 Å². The van der Waals surface area contributed by atoms with Gasteiger partial charge in [-0.2, -0.15) is 0 Å². The fraction of sp³-hybridized carbons (Fsp3) is 0. The van der Waals surface area contributed by atoms with Gasteiger partial charge in [0.25, 0.3) is 0 Å². The predicted octanol–water partition coefficient (Wildman–Crippen LogP) is 7.70.